The first-order chi connectivity index (χ1) is 13.2. The van der Waals surface area contributed by atoms with Gasteiger partial charge in [0.2, 0.25) is 0 Å². The van der Waals surface area contributed by atoms with Gasteiger partial charge in [0.05, 0.1) is 16.4 Å². The third-order valence-electron chi connectivity index (χ3n) is 3.51. The maximum Gasteiger partial charge on any atom is 0.271 e. The Hall–Kier alpha value is -2.61. The monoisotopic (exact) mass is 413 g/mol. The van der Waals surface area contributed by atoms with Crippen molar-refractivity contribution in [3.05, 3.63) is 77.0 Å². The van der Waals surface area contributed by atoms with Crippen molar-refractivity contribution in [2.75, 3.05) is 0 Å². The molecule has 1 N–H and O–H groups in total. The molecule has 2 aromatic carbocycles. The lowest BCUT2D eigenvalue weighted by molar-refractivity contribution is 0.0955. The van der Waals surface area contributed by atoms with Crippen LogP contribution >= 0.6 is 34.7 Å². The van der Waals surface area contributed by atoms with Crippen LogP contribution in [0.3, 0.4) is 0 Å². The van der Waals surface area contributed by atoms with Crippen LogP contribution in [0.1, 0.15) is 16.1 Å². The highest BCUT2D eigenvalue weighted by Gasteiger charge is 2.08. The van der Waals surface area contributed by atoms with E-state index >= 15 is 0 Å². The summed E-state index contributed by atoms with van der Waals surface area (Å²) in [4.78, 5) is 16.6. The highest BCUT2D eigenvalue weighted by Crippen LogP contribution is 2.34. The molecule has 4 rings (SSSR count). The van der Waals surface area contributed by atoms with Crippen molar-refractivity contribution in [1.82, 2.24) is 10.4 Å². The molecule has 1 amide bonds. The van der Waals surface area contributed by atoms with E-state index in [9.17, 15) is 4.79 Å². The Kier molecular flexibility index (Phi) is 5.24. The maximum atomic E-state index is 12.0. The molecule has 0 saturated carbocycles. The van der Waals surface area contributed by atoms with Gasteiger partial charge in [-0.3, -0.25) is 4.79 Å². The number of nitrogens with one attached hydrogen (secondary N) is 1. The average molecular weight is 414 g/mol. The van der Waals surface area contributed by atoms with E-state index in [1.807, 2.05) is 30.3 Å². The third kappa shape index (κ3) is 4.39. The molecule has 0 unspecified atom stereocenters. The molecule has 0 aliphatic rings. The summed E-state index contributed by atoms with van der Waals surface area (Å²) in [5.74, 6) is 0.189. The standard InChI is InChI=1S/C19H12ClN3O2S2/c20-13-5-3-4-12(10-13)18(24)23-21-11-14-8-9-17(25-14)27-19-22-15-6-1-2-7-16(15)26-19/h1-11H,(H,23,24)/b21-11-. The molecule has 0 fully saturated rings. The van der Waals surface area contributed by atoms with Gasteiger partial charge in [-0.05, 0) is 54.2 Å². The molecule has 0 bridgehead atoms. The Labute approximate surface area is 168 Å². The van der Waals surface area contributed by atoms with Gasteiger partial charge in [-0.25, -0.2) is 10.4 Å². The van der Waals surface area contributed by atoms with E-state index in [4.69, 9.17) is 16.0 Å². The molecule has 27 heavy (non-hydrogen) atoms. The van der Waals surface area contributed by atoms with Crippen molar-refractivity contribution in [3.8, 4) is 0 Å². The molecular weight excluding hydrogens is 402 g/mol. The van der Waals surface area contributed by atoms with Crippen LogP contribution < -0.4 is 5.43 Å². The zero-order valence-electron chi connectivity index (χ0n) is 13.8. The Bertz CT molecular complexity index is 1100. The van der Waals surface area contributed by atoms with E-state index in [0.29, 0.717) is 21.4 Å². The van der Waals surface area contributed by atoms with Crippen molar-refractivity contribution < 1.29 is 9.21 Å². The largest absolute Gasteiger partial charge is 0.448 e. The predicted octanol–water partition coefficient (Wildman–Crippen LogP) is 5.46. The quantitative estimate of drug-likeness (QED) is 0.348. The molecule has 2 aromatic heterocycles. The molecule has 134 valence electrons. The Morgan fingerprint density at radius 2 is 2.07 bits per heavy atom. The summed E-state index contributed by atoms with van der Waals surface area (Å²) in [5, 5.41) is 5.12. The first-order valence-electron chi connectivity index (χ1n) is 7.89. The van der Waals surface area contributed by atoms with Crippen molar-refractivity contribution in [3.63, 3.8) is 0 Å². The number of para-hydroxylation sites is 1. The topological polar surface area (TPSA) is 67.5 Å². The molecule has 4 aromatic rings. The number of carbonyl (C=O) groups is 1. The smallest absolute Gasteiger partial charge is 0.271 e. The minimum absolute atomic E-state index is 0.343. The van der Waals surface area contributed by atoms with Crippen molar-refractivity contribution in [2.45, 2.75) is 9.43 Å². The van der Waals surface area contributed by atoms with Gasteiger partial charge in [-0.1, -0.05) is 29.8 Å². The number of hydrazone groups is 1. The summed E-state index contributed by atoms with van der Waals surface area (Å²) in [5.41, 5.74) is 3.86. The van der Waals surface area contributed by atoms with Crippen LogP contribution in [0.2, 0.25) is 5.02 Å². The second-order valence-electron chi connectivity index (χ2n) is 5.42. The fraction of sp³-hybridized carbons (Fsp3) is 0. The fourth-order valence-electron chi connectivity index (χ4n) is 2.29. The minimum atomic E-state index is -0.343. The van der Waals surface area contributed by atoms with Gasteiger partial charge in [0, 0.05) is 10.6 Å². The Balaban J connectivity index is 1.39. The van der Waals surface area contributed by atoms with Crippen molar-refractivity contribution in [1.29, 1.82) is 0 Å². The second kappa shape index (κ2) is 7.96. The summed E-state index contributed by atoms with van der Waals surface area (Å²) in [6.07, 6.45) is 1.45. The average Bonchev–Trinajstić information content (AvgIpc) is 3.28. The highest BCUT2D eigenvalue weighted by molar-refractivity contribution is 8.01. The Morgan fingerprint density at radius 3 is 2.93 bits per heavy atom. The number of thiazole rings is 1. The van der Waals surface area contributed by atoms with Crippen LogP contribution in [0.4, 0.5) is 0 Å². The lowest BCUT2D eigenvalue weighted by Crippen LogP contribution is -2.17. The van der Waals surface area contributed by atoms with Crippen LogP contribution in [0.15, 0.2) is 79.6 Å². The molecule has 0 aliphatic carbocycles. The molecule has 0 aliphatic heterocycles. The van der Waals surface area contributed by atoms with Gasteiger partial charge in [0.15, 0.2) is 9.43 Å². The molecule has 0 atom stereocenters. The summed E-state index contributed by atoms with van der Waals surface area (Å²) in [6, 6.07) is 18.3. The van der Waals surface area contributed by atoms with E-state index < -0.39 is 0 Å². The third-order valence-corrected chi connectivity index (χ3v) is 5.76. The van der Waals surface area contributed by atoms with Crippen molar-refractivity contribution >= 4 is 57.0 Å². The first kappa shape index (κ1) is 17.8. The molecule has 0 radical (unpaired) electrons. The van der Waals surface area contributed by atoms with Crippen LogP contribution in [0.5, 0.6) is 0 Å². The molecule has 5 nitrogen and oxygen atoms in total. The summed E-state index contributed by atoms with van der Waals surface area (Å²) in [7, 11) is 0. The van der Waals surface area contributed by atoms with Gasteiger partial charge in [0.1, 0.15) is 5.76 Å². The van der Waals surface area contributed by atoms with Gasteiger partial charge >= 0.3 is 0 Å². The predicted molar refractivity (Wildman–Crippen MR) is 109 cm³/mol. The van der Waals surface area contributed by atoms with E-state index in [-0.39, 0.29) is 5.91 Å². The Morgan fingerprint density at radius 1 is 1.19 bits per heavy atom. The maximum absolute atomic E-state index is 12.0. The minimum Gasteiger partial charge on any atom is -0.448 e. The number of halogens is 1. The zero-order valence-corrected chi connectivity index (χ0v) is 16.1. The van der Waals surface area contributed by atoms with Gasteiger partial charge in [0.25, 0.3) is 5.91 Å². The second-order valence-corrected chi connectivity index (χ2v) is 8.13. The SMILES string of the molecule is O=C(N/N=C\c1ccc(Sc2nc3ccccc3s2)o1)c1cccc(Cl)c1. The zero-order chi connectivity index (χ0) is 18.6. The molecule has 8 heteroatoms. The number of furan rings is 1. The fourth-order valence-corrected chi connectivity index (χ4v) is 4.45. The number of aromatic nitrogens is 1. The summed E-state index contributed by atoms with van der Waals surface area (Å²) in [6.45, 7) is 0. The number of benzene rings is 2. The number of amides is 1. The lowest BCUT2D eigenvalue weighted by Gasteiger charge is -1.99. The van der Waals surface area contributed by atoms with Gasteiger partial charge in [-0.2, -0.15) is 5.10 Å². The molecule has 0 spiro atoms. The number of hydrogen-bond acceptors (Lipinski definition) is 6. The van der Waals surface area contributed by atoms with Gasteiger partial charge < -0.3 is 4.42 Å². The van der Waals surface area contributed by atoms with Crippen LogP contribution in [-0.2, 0) is 0 Å². The lowest BCUT2D eigenvalue weighted by atomic mass is 10.2. The number of fused-ring (bicyclic) bond motifs is 1. The summed E-state index contributed by atoms with van der Waals surface area (Å²) >= 11 is 8.94. The van der Waals surface area contributed by atoms with Crippen LogP contribution in [0, 0.1) is 0 Å². The highest BCUT2D eigenvalue weighted by atomic mass is 35.5. The first-order valence-corrected chi connectivity index (χ1v) is 9.91. The molecular formula is C19H12ClN3O2S2. The number of rotatable bonds is 5. The van der Waals surface area contributed by atoms with Gasteiger partial charge in [-0.15, -0.1) is 11.3 Å². The number of nitrogens with zero attached hydrogens (tertiary/aromatic N) is 2. The van der Waals surface area contributed by atoms with Crippen LogP contribution in [0.25, 0.3) is 10.2 Å². The van der Waals surface area contributed by atoms with Crippen LogP contribution in [-0.4, -0.2) is 17.1 Å². The molecule has 0 saturated heterocycles. The number of hydrogen-bond donors (Lipinski definition) is 1. The normalized spacial score (nSPS) is 11.3. The van der Waals surface area contributed by atoms with E-state index in [2.05, 4.69) is 15.5 Å². The van der Waals surface area contributed by atoms with E-state index in [1.165, 1.54) is 18.0 Å². The van der Waals surface area contributed by atoms with Crippen molar-refractivity contribution in [2.24, 2.45) is 5.10 Å². The van der Waals surface area contributed by atoms with E-state index in [0.717, 1.165) is 14.6 Å². The van der Waals surface area contributed by atoms with E-state index in [1.54, 1.807) is 41.7 Å². The molecule has 2 heterocycles. The number of carbonyl (C=O) groups excluding carboxylic acids is 1. The summed E-state index contributed by atoms with van der Waals surface area (Å²) < 4.78 is 7.74.